The molecule has 0 aromatic heterocycles. The van der Waals surface area contributed by atoms with Crippen molar-refractivity contribution < 1.29 is 43.9 Å². The summed E-state index contributed by atoms with van der Waals surface area (Å²) in [7, 11) is 4.88. The van der Waals surface area contributed by atoms with Crippen LogP contribution in [0.3, 0.4) is 0 Å². The Hall–Kier alpha value is -3.32. The Morgan fingerprint density at radius 2 is 1.93 bits per heavy atom. The Balaban J connectivity index is 1.58. The second-order valence-electron chi connectivity index (χ2n) is 11.6. The van der Waals surface area contributed by atoms with Crippen LogP contribution in [0.15, 0.2) is 23.0 Å². The number of carbonyl (C=O) groups is 3. The summed E-state index contributed by atoms with van der Waals surface area (Å²) < 4.78 is 21.3. The number of likely N-dealkylation sites (N-methyl/N-ethyl adjacent to an activating group) is 1. The van der Waals surface area contributed by atoms with E-state index < -0.39 is 69.6 Å². The molecule has 0 radical (unpaired) electrons. The molecule has 216 valence electrons. The zero-order chi connectivity index (χ0) is 29.3. The van der Waals surface area contributed by atoms with Crippen LogP contribution in [0.5, 0.6) is 5.75 Å². The smallest absolute Gasteiger partial charge is 0.255 e. The monoisotopic (exact) mass is 559 g/mol. The summed E-state index contributed by atoms with van der Waals surface area (Å²) in [5, 5.41) is 44.6. The molecular weight excluding hydrogens is 525 g/mol. The van der Waals surface area contributed by atoms with Gasteiger partial charge < -0.3 is 35.8 Å². The van der Waals surface area contributed by atoms with Gasteiger partial charge in [0.1, 0.15) is 28.7 Å². The molecule has 5 atom stereocenters. The SMILES string of the molecule is CN(Cc1cc(O)c2c(c1F)C[C@H]1C[C@H]3[C@H](N(C)C)C(=O)C(C(N)=O)=C(O)[C@@]3(O)C(=O)C1=C2O)CC1CCOC1. The third kappa shape index (κ3) is 4.12. The van der Waals surface area contributed by atoms with Crippen molar-refractivity contribution in [2.75, 3.05) is 40.9 Å². The first-order valence-corrected chi connectivity index (χ1v) is 13.2. The molecule has 11 nitrogen and oxygen atoms in total. The topological polar surface area (TPSA) is 174 Å². The average molecular weight is 560 g/mol. The van der Waals surface area contributed by atoms with Crippen molar-refractivity contribution in [3.8, 4) is 5.75 Å². The van der Waals surface area contributed by atoms with Gasteiger partial charge in [-0.05, 0) is 58.3 Å². The van der Waals surface area contributed by atoms with Crippen molar-refractivity contribution in [2.24, 2.45) is 23.5 Å². The molecule has 1 heterocycles. The fourth-order valence-electron chi connectivity index (χ4n) is 6.99. The maximum atomic E-state index is 15.9. The molecule has 1 aliphatic heterocycles. The molecule has 12 heteroatoms. The number of phenols is 1. The van der Waals surface area contributed by atoms with Crippen LogP contribution in [-0.4, -0.2) is 100 Å². The number of hydrogen-bond acceptors (Lipinski definition) is 10. The number of nitrogens with zero attached hydrogens (tertiary/aromatic N) is 2. The summed E-state index contributed by atoms with van der Waals surface area (Å²) in [5.74, 6) is -7.93. The predicted octanol–water partition coefficient (Wildman–Crippen LogP) is 0.571. The van der Waals surface area contributed by atoms with Crippen molar-refractivity contribution in [1.29, 1.82) is 0 Å². The third-order valence-corrected chi connectivity index (χ3v) is 8.76. The number of aliphatic hydroxyl groups is 3. The number of nitrogens with two attached hydrogens (primary N) is 1. The van der Waals surface area contributed by atoms with Crippen LogP contribution >= 0.6 is 0 Å². The van der Waals surface area contributed by atoms with E-state index in [0.717, 1.165) is 6.42 Å². The lowest BCUT2D eigenvalue weighted by molar-refractivity contribution is -0.153. The van der Waals surface area contributed by atoms with Gasteiger partial charge >= 0.3 is 0 Å². The Kier molecular flexibility index (Phi) is 7.02. The number of hydrogen-bond donors (Lipinski definition) is 5. The molecule has 4 aliphatic rings. The second-order valence-corrected chi connectivity index (χ2v) is 11.6. The van der Waals surface area contributed by atoms with Gasteiger partial charge in [0.2, 0.25) is 5.78 Å². The summed E-state index contributed by atoms with van der Waals surface area (Å²) in [4.78, 5) is 42.4. The summed E-state index contributed by atoms with van der Waals surface area (Å²) in [6.45, 7) is 2.19. The molecule has 3 aliphatic carbocycles. The molecule has 2 fully saturated rings. The molecular formula is C28H34FN3O8. The first kappa shape index (κ1) is 28.2. The fourth-order valence-corrected chi connectivity index (χ4v) is 6.99. The number of rotatable bonds is 6. The van der Waals surface area contributed by atoms with Gasteiger partial charge in [-0.3, -0.25) is 19.3 Å². The standard InChI is InChI=1S/C28H34FN3O8/c1-31(2)22-16-7-13-6-15-19(17(33)8-14(21(15)29)10-32(3)9-12-4-5-40-11-12)23(34)18(13)25(36)28(16,39)26(37)20(24(22)35)27(30)38/h8,12-13,16,22,33-34,37,39H,4-7,9-11H2,1-3H3,(H2,30,38)/t12?,13-,16-,22-,28-/m0/s1. The Morgan fingerprint density at radius 3 is 2.52 bits per heavy atom. The fraction of sp³-hybridized carbons (Fsp3) is 0.536. The van der Waals surface area contributed by atoms with Crippen LogP contribution in [0.1, 0.15) is 29.5 Å². The zero-order valence-corrected chi connectivity index (χ0v) is 22.6. The predicted molar refractivity (Wildman–Crippen MR) is 139 cm³/mol. The molecule has 40 heavy (non-hydrogen) atoms. The van der Waals surface area contributed by atoms with E-state index in [1.54, 1.807) is 0 Å². The van der Waals surface area contributed by atoms with E-state index in [9.17, 15) is 34.8 Å². The highest BCUT2D eigenvalue weighted by molar-refractivity contribution is 6.24. The van der Waals surface area contributed by atoms with Crippen LogP contribution in [-0.2, 0) is 32.1 Å². The number of phenolic OH excluding ortho intramolecular Hbond substituents is 1. The van der Waals surface area contributed by atoms with Crippen LogP contribution < -0.4 is 5.73 Å². The lowest BCUT2D eigenvalue weighted by Crippen LogP contribution is -2.65. The molecule has 1 saturated carbocycles. The molecule has 5 rings (SSSR count). The first-order chi connectivity index (χ1) is 18.8. The molecule has 0 bridgehead atoms. The van der Waals surface area contributed by atoms with Crippen LogP contribution in [0.2, 0.25) is 0 Å². The van der Waals surface area contributed by atoms with E-state index in [-0.39, 0.29) is 41.6 Å². The van der Waals surface area contributed by atoms with Gasteiger partial charge in [-0.25, -0.2) is 4.39 Å². The number of fused-ring (bicyclic) bond motifs is 3. The Bertz CT molecular complexity index is 1370. The van der Waals surface area contributed by atoms with Gasteiger partial charge in [0, 0.05) is 42.3 Å². The highest BCUT2D eigenvalue weighted by Crippen LogP contribution is 2.53. The third-order valence-electron chi connectivity index (χ3n) is 8.76. The summed E-state index contributed by atoms with van der Waals surface area (Å²) in [6.07, 6.45) is 0.717. The van der Waals surface area contributed by atoms with Crippen molar-refractivity contribution >= 4 is 23.2 Å². The first-order valence-electron chi connectivity index (χ1n) is 13.2. The highest BCUT2D eigenvalue weighted by atomic mass is 19.1. The average Bonchev–Trinajstić information content (AvgIpc) is 3.36. The number of aliphatic hydroxyl groups excluding tert-OH is 2. The van der Waals surface area contributed by atoms with Crippen LogP contribution in [0, 0.1) is 23.6 Å². The number of ether oxygens (including phenoxy) is 1. The van der Waals surface area contributed by atoms with Crippen molar-refractivity contribution in [3.63, 3.8) is 0 Å². The number of benzene rings is 1. The van der Waals surface area contributed by atoms with Gasteiger partial charge in [-0.15, -0.1) is 0 Å². The van der Waals surface area contributed by atoms with E-state index in [0.29, 0.717) is 25.7 Å². The molecule has 6 N–H and O–H groups in total. The molecule has 1 amide bonds. The Labute approximate surface area is 230 Å². The lowest BCUT2D eigenvalue weighted by Gasteiger charge is -2.50. The van der Waals surface area contributed by atoms with Crippen molar-refractivity contribution in [2.45, 2.75) is 37.5 Å². The number of ketones is 2. The number of primary amides is 1. The number of aromatic hydroxyl groups is 1. The van der Waals surface area contributed by atoms with Crippen LogP contribution in [0.25, 0.3) is 5.76 Å². The zero-order valence-electron chi connectivity index (χ0n) is 22.6. The largest absolute Gasteiger partial charge is 0.508 e. The van der Waals surface area contributed by atoms with E-state index in [1.165, 1.54) is 25.1 Å². The molecule has 0 spiro atoms. The molecule has 1 aromatic rings. The summed E-state index contributed by atoms with van der Waals surface area (Å²) in [6, 6.07) is 0.0111. The van der Waals surface area contributed by atoms with Gasteiger partial charge in [0.15, 0.2) is 11.4 Å². The number of Topliss-reactive ketones (excluding diaryl/α,β-unsaturated/α-hetero) is 2. The molecule has 1 saturated heterocycles. The quantitative estimate of drug-likeness (QED) is 0.310. The second kappa shape index (κ2) is 9.95. The molecule has 1 aromatic carbocycles. The Morgan fingerprint density at radius 1 is 1.23 bits per heavy atom. The maximum absolute atomic E-state index is 15.9. The maximum Gasteiger partial charge on any atom is 0.255 e. The normalized spacial score (nSPS) is 30.2. The van der Waals surface area contributed by atoms with Crippen molar-refractivity contribution in [1.82, 2.24) is 9.80 Å². The highest BCUT2D eigenvalue weighted by Gasteiger charge is 2.64. The van der Waals surface area contributed by atoms with Gasteiger partial charge in [-0.2, -0.15) is 0 Å². The minimum atomic E-state index is -2.73. The van der Waals surface area contributed by atoms with Crippen molar-refractivity contribution in [3.05, 3.63) is 45.5 Å². The van der Waals surface area contributed by atoms with E-state index in [4.69, 9.17) is 10.5 Å². The number of amides is 1. The van der Waals surface area contributed by atoms with Gasteiger partial charge in [0.05, 0.1) is 18.2 Å². The lowest BCUT2D eigenvalue weighted by atomic mass is 9.57. The van der Waals surface area contributed by atoms with Gasteiger partial charge in [0.25, 0.3) is 5.91 Å². The summed E-state index contributed by atoms with van der Waals surface area (Å²) in [5.41, 5.74) is 1.39. The minimum Gasteiger partial charge on any atom is -0.508 e. The minimum absolute atomic E-state index is 0.0261. The summed E-state index contributed by atoms with van der Waals surface area (Å²) >= 11 is 0. The molecule has 1 unspecified atom stereocenters. The van der Waals surface area contributed by atoms with Gasteiger partial charge in [-0.1, -0.05) is 0 Å². The van der Waals surface area contributed by atoms with E-state index in [2.05, 4.69) is 0 Å². The van der Waals surface area contributed by atoms with Crippen LogP contribution in [0.4, 0.5) is 4.39 Å². The van der Waals surface area contributed by atoms with E-state index >= 15 is 4.39 Å². The van der Waals surface area contributed by atoms with E-state index in [1.807, 2.05) is 11.9 Å². The number of carbonyl (C=O) groups excluding carboxylic acids is 3. The number of halogens is 1.